The van der Waals surface area contributed by atoms with Crippen LogP contribution in [-0.2, 0) is 0 Å². The Balaban J connectivity index is 2.66. The molecule has 0 saturated carbocycles. The van der Waals surface area contributed by atoms with E-state index in [1.54, 1.807) is 12.1 Å². The molecule has 5 heteroatoms. The van der Waals surface area contributed by atoms with Crippen molar-refractivity contribution in [2.45, 2.75) is 0 Å². The molecule has 76 valence electrons. The molecule has 0 radical (unpaired) electrons. The molecule has 15 heavy (non-hydrogen) atoms. The molecule has 0 unspecified atom stereocenters. The second-order valence-corrected chi connectivity index (χ2v) is 2.86. The summed E-state index contributed by atoms with van der Waals surface area (Å²) in [7, 11) is 0. The average Bonchev–Trinajstić information content (AvgIpc) is 2.69. The number of furan rings is 1. The highest BCUT2D eigenvalue weighted by Crippen LogP contribution is 2.28. The van der Waals surface area contributed by atoms with Gasteiger partial charge in [-0.1, -0.05) is 0 Å². The van der Waals surface area contributed by atoms with Crippen LogP contribution in [0.15, 0.2) is 35.2 Å². The van der Waals surface area contributed by atoms with E-state index in [1.807, 2.05) is 0 Å². The van der Waals surface area contributed by atoms with Crippen LogP contribution in [0.2, 0.25) is 0 Å². The van der Waals surface area contributed by atoms with Crippen LogP contribution in [0.5, 0.6) is 5.75 Å². The molecule has 0 aliphatic rings. The van der Waals surface area contributed by atoms with Gasteiger partial charge in [0.1, 0.15) is 17.1 Å². The number of hydrogen-bond donors (Lipinski definition) is 2. The molecule has 2 rings (SSSR count). The zero-order chi connectivity index (χ0) is 10.8. The van der Waals surface area contributed by atoms with Gasteiger partial charge >= 0.3 is 5.97 Å². The van der Waals surface area contributed by atoms with Gasteiger partial charge in [0.05, 0.1) is 18.0 Å². The van der Waals surface area contributed by atoms with Crippen molar-refractivity contribution in [1.29, 1.82) is 0 Å². The van der Waals surface area contributed by atoms with Crippen molar-refractivity contribution < 1.29 is 19.4 Å². The fourth-order valence-corrected chi connectivity index (χ4v) is 1.29. The third kappa shape index (κ3) is 1.54. The fraction of sp³-hybridized carbons (Fsp3) is 0. The minimum atomic E-state index is -1.22. The van der Waals surface area contributed by atoms with Crippen LogP contribution < -0.4 is 0 Å². The Morgan fingerprint density at radius 3 is 2.80 bits per heavy atom. The Labute approximate surface area is 84.6 Å². The Morgan fingerprint density at radius 2 is 2.20 bits per heavy atom. The molecular formula is C10H7NO4. The van der Waals surface area contributed by atoms with E-state index >= 15 is 0 Å². The molecule has 0 aromatic carbocycles. The summed E-state index contributed by atoms with van der Waals surface area (Å²) in [6.07, 6.45) is 3.84. The lowest BCUT2D eigenvalue weighted by Gasteiger charge is -2.03. The summed E-state index contributed by atoms with van der Waals surface area (Å²) >= 11 is 0. The van der Waals surface area contributed by atoms with E-state index in [4.69, 9.17) is 9.52 Å². The van der Waals surface area contributed by atoms with Gasteiger partial charge in [-0.25, -0.2) is 4.79 Å². The van der Waals surface area contributed by atoms with E-state index in [-0.39, 0.29) is 16.9 Å². The highest BCUT2D eigenvalue weighted by Gasteiger charge is 2.18. The average molecular weight is 205 g/mol. The van der Waals surface area contributed by atoms with Gasteiger partial charge in [0, 0.05) is 6.20 Å². The Morgan fingerprint density at radius 1 is 1.40 bits per heavy atom. The highest BCUT2D eigenvalue weighted by molar-refractivity contribution is 5.97. The van der Waals surface area contributed by atoms with Gasteiger partial charge in [0.2, 0.25) is 0 Å². The van der Waals surface area contributed by atoms with Gasteiger partial charge in [-0.3, -0.25) is 4.98 Å². The molecule has 2 aromatic rings. The molecule has 0 atom stereocenters. The third-order valence-corrected chi connectivity index (χ3v) is 1.93. The third-order valence-electron chi connectivity index (χ3n) is 1.93. The van der Waals surface area contributed by atoms with Gasteiger partial charge in [-0.15, -0.1) is 0 Å². The molecule has 0 aliphatic carbocycles. The van der Waals surface area contributed by atoms with Crippen molar-refractivity contribution in [3.05, 3.63) is 36.4 Å². The summed E-state index contributed by atoms with van der Waals surface area (Å²) < 4.78 is 5.05. The number of pyridine rings is 1. The van der Waals surface area contributed by atoms with Crippen LogP contribution in [-0.4, -0.2) is 21.2 Å². The van der Waals surface area contributed by atoms with E-state index < -0.39 is 5.97 Å². The number of aromatic hydroxyl groups is 1. The summed E-state index contributed by atoms with van der Waals surface area (Å²) in [5.74, 6) is -1.24. The second-order valence-electron chi connectivity index (χ2n) is 2.86. The smallest absolute Gasteiger partial charge is 0.340 e. The molecule has 0 saturated heterocycles. The number of rotatable bonds is 2. The van der Waals surface area contributed by atoms with Crippen LogP contribution >= 0.6 is 0 Å². The van der Waals surface area contributed by atoms with Crippen molar-refractivity contribution in [3.63, 3.8) is 0 Å². The molecule has 0 amide bonds. The van der Waals surface area contributed by atoms with E-state index in [9.17, 15) is 9.90 Å². The molecule has 2 N–H and O–H groups in total. The lowest BCUT2D eigenvalue weighted by molar-refractivity contribution is 0.0694. The number of carboxylic acid groups (broad SMARTS) is 1. The monoisotopic (exact) mass is 205 g/mol. The molecule has 0 spiro atoms. The number of aromatic carboxylic acids is 1. The van der Waals surface area contributed by atoms with Crippen LogP contribution in [0, 0.1) is 0 Å². The van der Waals surface area contributed by atoms with Crippen molar-refractivity contribution in [3.8, 4) is 17.1 Å². The van der Waals surface area contributed by atoms with Crippen molar-refractivity contribution in [2.24, 2.45) is 0 Å². The van der Waals surface area contributed by atoms with Crippen LogP contribution in [0.25, 0.3) is 11.3 Å². The predicted octanol–water partition coefficient (Wildman–Crippen LogP) is 1.75. The molecule has 0 bridgehead atoms. The van der Waals surface area contributed by atoms with E-state index in [2.05, 4.69) is 4.98 Å². The van der Waals surface area contributed by atoms with Crippen LogP contribution in [0.1, 0.15) is 10.4 Å². The first-order valence-electron chi connectivity index (χ1n) is 4.14. The van der Waals surface area contributed by atoms with Crippen molar-refractivity contribution in [2.75, 3.05) is 0 Å². The molecule has 2 aromatic heterocycles. The SMILES string of the molecule is O=C(O)c1c(O)cncc1-c1ccco1. The minimum absolute atomic E-state index is 0.208. The molecule has 0 aliphatic heterocycles. The van der Waals surface area contributed by atoms with Crippen molar-refractivity contribution >= 4 is 5.97 Å². The number of nitrogens with zero attached hydrogens (tertiary/aromatic N) is 1. The first-order chi connectivity index (χ1) is 7.20. The molecular weight excluding hydrogens is 198 g/mol. The summed E-state index contributed by atoms with van der Waals surface area (Å²) in [4.78, 5) is 14.6. The Bertz CT molecular complexity index is 490. The maximum atomic E-state index is 10.9. The quantitative estimate of drug-likeness (QED) is 0.780. The van der Waals surface area contributed by atoms with Gasteiger partial charge in [0.25, 0.3) is 0 Å². The maximum Gasteiger partial charge on any atom is 0.340 e. The summed E-state index contributed by atoms with van der Waals surface area (Å²) in [6.45, 7) is 0. The topological polar surface area (TPSA) is 83.6 Å². The fourth-order valence-electron chi connectivity index (χ4n) is 1.29. The highest BCUT2D eigenvalue weighted by atomic mass is 16.4. The number of hydrogen-bond acceptors (Lipinski definition) is 4. The van der Waals surface area contributed by atoms with Gasteiger partial charge in [-0.2, -0.15) is 0 Å². The van der Waals surface area contributed by atoms with Crippen LogP contribution in [0.4, 0.5) is 0 Å². The summed E-state index contributed by atoms with van der Waals surface area (Å²) in [6, 6.07) is 3.23. The number of aromatic nitrogens is 1. The summed E-state index contributed by atoms with van der Waals surface area (Å²) in [5, 5.41) is 18.3. The van der Waals surface area contributed by atoms with Gasteiger partial charge in [-0.05, 0) is 12.1 Å². The number of carbonyl (C=O) groups is 1. The van der Waals surface area contributed by atoms with Crippen LogP contribution in [0.3, 0.4) is 0 Å². The Kier molecular flexibility index (Phi) is 2.13. The molecule has 2 heterocycles. The predicted molar refractivity (Wildman–Crippen MR) is 50.6 cm³/mol. The van der Waals surface area contributed by atoms with E-state index in [0.717, 1.165) is 6.20 Å². The molecule has 5 nitrogen and oxygen atoms in total. The number of carboxylic acids is 1. The standard InChI is InChI=1S/C10H7NO4/c12-7-5-11-4-6(9(7)10(13)14)8-2-1-3-15-8/h1-5,12H,(H,13,14). The molecule has 0 fully saturated rings. The zero-order valence-corrected chi connectivity index (χ0v) is 7.54. The maximum absolute atomic E-state index is 10.9. The lowest BCUT2D eigenvalue weighted by atomic mass is 10.1. The van der Waals surface area contributed by atoms with Crippen molar-refractivity contribution in [1.82, 2.24) is 4.98 Å². The first kappa shape index (κ1) is 9.26. The minimum Gasteiger partial charge on any atom is -0.505 e. The van der Waals surface area contributed by atoms with E-state index in [1.165, 1.54) is 12.5 Å². The zero-order valence-electron chi connectivity index (χ0n) is 7.54. The first-order valence-corrected chi connectivity index (χ1v) is 4.14. The lowest BCUT2D eigenvalue weighted by Crippen LogP contribution is -2.00. The van der Waals surface area contributed by atoms with Gasteiger partial charge < -0.3 is 14.6 Å². The largest absolute Gasteiger partial charge is 0.505 e. The second kappa shape index (κ2) is 3.45. The van der Waals surface area contributed by atoms with Gasteiger partial charge in [0.15, 0.2) is 0 Å². The normalized spacial score (nSPS) is 10.1. The summed E-state index contributed by atoms with van der Waals surface area (Å²) in [5.41, 5.74) is 0.0486. The van der Waals surface area contributed by atoms with E-state index in [0.29, 0.717) is 5.76 Å². The Hall–Kier alpha value is -2.30.